The van der Waals surface area contributed by atoms with Gasteiger partial charge in [-0.15, -0.1) is 0 Å². The zero-order valence-electron chi connectivity index (χ0n) is 14.4. The van der Waals surface area contributed by atoms with E-state index in [1.54, 1.807) is 6.20 Å². The molecule has 5 nitrogen and oxygen atoms in total. The van der Waals surface area contributed by atoms with Crippen LogP contribution in [0.5, 0.6) is 0 Å². The predicted molar refractivity (Wildman–Crippen MR) is 91.9 cm³/mol. The second-order valence-corrected chi connectivity index (χ2v) is 7.18. The van der Waals surface area contributed by atoms with Crippen LogP contribution in [0.2, 0.25) is 0 Å². The van der Waals surface area contributed by atoms with Crippen molar-refractivity contribution in [3.63, 3.8) is 0 Å². The zero-order chi connectivity index (χ0) is 16.7. The molecule has 0 spiro atoms. The van der Waals surface area contributed by atoms with Gasteiger partial charge in [0.05, 0.1) is 5.56 Å². The number of rotatable bonds is 4. The summed E-state index contributed by atoms with van der Waals surface area (Å²) >= 11 is 0. The predicted octanol–water partition coefficient (Wildman–Crippen LogP) is 2.93. The minimum Gasteiger partial charge on any atom is -0.338 e. The smallest absolute Gasteiger partial charge is 0.255 e. The van der Waals surface area contributed by atoms with Gasteiger partial charge in [0.15, 0.2) is 0 Å². The summed E-state index contributed by atoms with van der Waals surface area (Å²) in [7, 11) is 0. The number of carbonyl (C=O) groups is 1. The van der Waals surface area contributed by atoms with Gasteiger partial charge in [0.1, 0.15) is 5.82 Å². The zero-order valence-corrected chi connectivity index (χ0v) is 14.4. The van der Waals surface area contributed by atoms with Crippen molar-refractivity contribution in [3.05, 3.63) is 47.3 Å². The van der Waals surface area contributed by atoms with E-state index >= 15 is 0 Å². The highest BCUT2D eigenvalue weighted by atomic mass is 16.2. The van der Waals surface area contributed by atoms with Crippen molar-refractivity contribution in [2.24, 2.45) is 5.92 Å². The van der Waals surface area contributed by atoms with Crippen LogP contribution in [-0.4, -0.2) is 38.4 Å². The summed E-state index contributed by atoms with van der Waals surface area (Å²) < 4.78 is 2.38. The number of aromatic nitrogens is 3. The fourth-order valence-corrected chi connectivity index (χ4v) is 3.69. The van der Waals surface area contributed by atoms with E-state index in [-0.39, 0.29) is 5.91 Å². The summed E-state index contributed by atoms with van der Waals surface area (Å²) in [5.41, 5.74) is 2.79. The van der Waals surface area contributed by atoms with E-state index < -0.39 is 0 Å². The number of hydrogen-bond donors (Lipinski definition) is 0. The second-order valence-electron chi connectivity index (χ2n) is 7.18. The number of amides is 1. The minimum atomic E-state index is 0.118. The lowest BCUT2D eigenvalue weighted by Crippen LogP contribution is -2.30. The largest absolute Gasteiger partial charge is 0.338 e. The van der Waals surface area contributed by atoms with E-state index in [0.717, 1.165) is 37.3 Å². The van der Waals surface area contributed by atoms with Crippen LogP contribution in [0.3, 0.4) is 0 Å². The Morgan fingerprint density at radius 3 is 2.83 bits per heavy atom. The third-order valence-corrected chi connectivity index (χ3v) is 5.28. The molecule has 5 heteroatoms. The van der Waals surface area contributed by atoms with Crippen molar-refractivity contribution < 1.29 is 4.79 Å². The molecule has 2 aliphatic rings. The Labute approximate surface area is 142 Å². The van der Waals surface area contributed by atoms with Crippen molar-refractivity contribution in [2.45, 2.75) is 45.6 Å². The van der Waals surface area contributed by atoms with Gasteiger partial charge in [-0.1, -0.05) is 0 Å². The summed E-state index contributed by atoms with van der Waals surface area (Å²) in [6.45, 7) is 6.68. The van der Waals surface area contributed by atoms with Gasteiger partial charge >= 0.3 is 0 Å². The maximum atomic E-state index is 12.7. The molecular formula is C19H24N4O. The first-order valence-corrected chi connectivity index (χ1v) is 8.86. The average molecular weight is 324 g/mol. The quantitative estimate of drug-likeness (QED) is 0.869. The van der Waals surface area contributed by atoms with Crippen molar-refractivity contribution in [2.75, 3.05) is 13.1 Å². The van der Waals surface area contributed by atoms with E-state index in [9.17, 15) is 4.79 Å². The third kappa shape index (κ3) is 2.83. The number of pyridine rings is 1. The van der Waals surface area contributed by atoms with Crippen LogP contribution in [-0.2, 0) is 6.54 Å². The maximum absolute atomic E-state index is 12.7. The van der Waals surface area contributed by atoms with Crippen LogP contribution in [0.1, 0.15) is 52.8 Å². The minimum absolute atomic E-state index is 0.118. The van der Waals surface area contributed by atoms with Crippen LogP contribution in [0, 0.1) is 19.8 Å². The standard InChI is InChI=1S/C19H24N4O/c1-13-10-21-18(16-5-6-16)23(13)12-15-7-9-22(11-15)19(24)17-4-3-8-20-14(17)2/h3-4,8,10,15-16H,5-7,9,11-12H2,1-2H3. The number of hydrogen-bond acceptors (Lipinski definition) is 3. The van der Waals surface area contributed by atoms with Gasteiger partial charge in [0, 0.05) is 49.3 Å². The Balaban J connectivity index is 1.45. The van der Waals surface area contributed by atoms with Crippen LogP contribution in [0.15, 0.2) is 24.5 Å². The molecule has 2 aromatic rings. The Hall–Kier alpha value is -2.17. The molecule has 1 unspecified atom stereocenters. The van der Waals surface area contributed by atoms with Crippen LogP contribution >= 0.6 is 0 Å². The topological polar surface area (TPSA) is 51.0 Å². The fraction of sp³-hybridized carbons (Fsp3) is 0.526. The van der Waals surface area contributed by atoms with Gasteiger partial charge < -0.3 is 9.47 Å². The molecule has 1 amide bonds. The molecule has 1 saturated heterocycles. The second kappa shape index (κ2) is 6.04. The van der Waals surface area contributed by atoms with Gasteiger partial charge in [0.2, 0.25) is 0 Å². The first-order chi connectivity index (χ1) is 11.6. The maximum Gasteiger partial charge on any atom is 0.255 e. The first-order valence-electron chi connectivity index (χ1n) is 8.86. The fourth-order valence-electron chi connectivity index (χ4n) is 3.69. The lowest BCUT2D eigenvalue weighted by Gasteiger charge is -2.18. The molecule has 3 heterocycles. The molecule has 1 aliphatic heterocycles. The molecule has 2 aromatic heterocycles. The summed E-state index contributed by atoms with van der Waals surface area (Å²) in [4.78, 5) is 23.6. The van der Waals surface area contributed by atoms with E-state index in [2.05, 4.69) is 21.5 Å². The van der Waals surface area contributed by atoms with Crippen molar-refractivity contribution in [3.8, 4) is 0 Å². The molecule has 0 bridgehead atoms. The van der Waals surface area contributed by atoms with Crippen molar-refractivity contribution in [1.29, 1.82) is 0 Å². The highest BCUT2D eigenvalue weighted by Crippen LogP contribution is 2.40. The van der Waals surface area contributed by atoms with Crippen LogP contribution in [0.4, 0.5) is 0 Å². The average Bonchev–Trinajstić information content (AvgIpc) is 3.21. The molecule has 24 heavy (non-hydrogen) atoms. The lowest BCUT2D eigenvalue weighted by molar-refractivity contribution is 0.0784. The molecular weight excluding hydrogens is 300 g/mol. The summed E-state index contributed by atoms with van der Waals surface area (Å²) in [5, 5.41) is 0. The van der Waals surface area contributed by atoms with Crippen LogP contribution < -0.4 is 0 Å². The highest BCUT2D eigenvalue weighted by Gasteiger charge is 2.32. The molecule has 4 rings (SSSR count). The van der Waals surface area contributed by atoms with Gasteiger partial charge in [-0.2, -0.15) is 0 Å². The first kappa shape index (κ1) is 15.4. The molecule has 0 aromatic carbocycles. The SMILES string of the molecule is Cc1ncccc1C(=O)N1CCC(Cn2c(C)cnc2C2CC2)C1. The Morgan fingerprint density at radius 2 is 2.08 bits per heavy atom. The highest BCUT2D eigenvalue weighted by molar-refractivity contribution is 5.95. The van der Waals surface area contributed by atoms with Gasteiger partial charge in [0.25, 0.3) is 5.91 Å². The summed E-state index contributed by atoms with van der Waals surface area (Å²) in [5.74, 6) is 2.54. The van der Waals surface area contributed by atoms with E-state index in [1.807, 2.05) is 30.2 Å². The van der Waals surface area contributed by atoms with E-state index in [4.69, 9.17) is 0 Å². The monoisotopic (exact) mass is 324 g/mol. The lowest BCUT2D eigenvalue weighted by atomic mass is 10.1. The summed E-state index contributed by atoms with van der Waals surface area (Å²) in [6.07, 6.45) is 7.33. The van der Waals surface area contributed by atoms with Gasteiger partial charge in [-0.25, -0.2) is 4.98 Å². The molecule has 1 aliphatic carbocycles. The molecule has 0 radical (unpaired) electrons. The Kier molecular flexibility index (Phi) is 3.87. The third-order valence-electron chi connectivity index (χ3n) is 5.28. The van der Waals surface area contributed by atoms with Crippen molar-refractivity contribution >= 4 is 5.91 Å². The normalized spacial score (nSPS) is 20.6. The van der Waals surface area contributed by atoms with Gasteiger partial charge in [-0.3, -0.25) is 9.78 Å². The molecule has 126 valence electrons. The Bertz CT molecular complexity index is 762. The van der Waals surface area contributed by atoms with Gasteiger partial charge in [-0.05, 0) is 51.2 Å². The molecule has 2 fully saturated rings. The summed E-state index contributed by atoms with van der Waals surface area (Å²) in [6, 6.07) is 3.72. The van der Waals surface area contributed by atoms with E-state index in [0.29, 0.717) is 11.8 Å². The number of likely N-dealkylation sites (tertiary alicyclic amines) is 1. The molecule has 1 saturated carbocycles. The van der Waals surface area contributed by atoms with E-state index in [1.165, 1.54) is 24.4 Å². The molecule has 0 N–H and O–H groups in total. The van der Waals surface area contributed by atoms with Crippen molar-refractivity contribution in [1.82, 2.24) is 19.4 Å². The molecule has 1 atom stereocenters. The number of imidazole rings is 1. The number of carbonyl (C=O) groups excluding carboxylic acids is 1. The number of aryl methyl sites for hydroxylation is 2. The van der Waals surface area contributed by atoms with Crippen LogP contribution in [0.25, 0.3) is 0 Å². The Morgan fingerprint density at radius 1 is 1.25 bits per heavy atom. The number of nitrogens with zero attached hydrogens (tertiary/aromatic N) is 4.